The summed E-state index contributed by atoms with van der Waals surface area (Å²) in [5.41, 5.74) is 5.25. The summed E-state index contributed by atoms with van der Waals surface area (Å²) in [6.45, 7) is 1.78. The molecule has 0 heterocycles. The molecule has 0 amide bonds. The molecular formula is C9H9ClFNO2. The summed E-state index contributed by atoms with van der Waals surface area (Å²) in [5, 5.41) is -0.108. The second-order valence-electron chi connectivity index (χ2n) is 2.55. The largest absolute Gasteiger partial charge is 0.462 e. The molecule has 0 aliphatic rings. The van der Waals surface area contributed by atoms with Crippen LogP contribution in [0.3, 0.4) is 0 Å². The second-order valence-corrected chi connectivity index (χ2v) is 2.92. The van der Waals surface area contributed by atoms with Gasteiger partial charge in [0.2, 0.25) is 0 Å². The van der Waals surface area contributed by atoms with Crippen molar-refractivity contribution in [2.45, 2.75) is 6.92 Å². The van der Waals surface area contributed by atoms with Crippen LogP contribution in [0, 0.1) is 5.82 Å². The van der Waals surface area contributed by atoms with Gasteiger partial charge in [-0.2, -0.15) is 0 Å². The van der Waals surface area contributed by atoms with E-state index >= 15 is 0 Å². The molecule has 0 aromatic heterocycles. The first-order valence-electron chi connectivity index (χ1n) is 3.98. The molecule has 0 radical (unpaired) electrons. The first-order chi connectivity index (χ1) is 6.57. The first-order valence-corrected chi connectivity index (χ1v) is 4.36. The monoisotopic (exact) mass is 217 g/mol. The first kappa shape index (κ1) is 10.8. The van der Waals surface area contributed by atoms with Crippen molar-refractivity contribution in [2.24, 2.45) is 0 Å². The van der Waals surface area contributed by atoms with Gasteiger partial charge in [-0.1, -0.05) is 11.6 Å². The van der Waals surface area contributed by atoms with Gasteiger partial charge in [0.1, 0.15) is 11.4 Å². The molecule has 0 spiro atoms. The second kappa shape index (κ2) is 4.28. The number of rotatable bonds is 2. The maximum atomic E-state index is 13.2. The number of halogens is 2. The Bertz CT molecular complexity index is 368. The molecule has 0 saturated carbocycles. The Labute approximate surface area is 85.6 Å². The number of anilines is 1. The minimum absolute atomic E-state index is 0.108. The van der Waals surface area contributed by atoms with E-state index in [1.54, 1.807) is 6.92 Å². The molecule has 2 N–H and O–H groups in total. The molecule has 0 bridgehead atoms. The predicted octanol–water partition coefficient (Wildman–Crippen LogP) is 2.24. The fourth-order valence-electron chi connectivity index (χ4n) is 0.959. The number of carbonyl (C=O) groups is 1. The van der Waals surface area contributed by atoms with Gasteiger partial charge >= 0.3 is 5.97 Å². The van der Waals surface area contributed by atoms with Gasteiger partial charge in [-0.3, -0.25) is 0 Å². The lowest BCUT2D eigenvalue weighted by Gasteiger charge is -2.06. The van der Waals surface area contributed by atoms with E-state index in [1.807, 2.05) is 0 Å². The van der Waals surface area contributed by atoms with Crippen LogP contribution in [0.4, 0.5) is 10.1 Å². The molecule has 1 aromatic carbocycles. The highest BCUT2D eigenvalue weighted by molar-refractivity contribution is 6.36. The number of ether oxygens (including phenoxy) is 1. The fourth-order valence-corrected chi connectivity index (χ4v) is 1.19. The van der Waals surface area contributed by atoms with Crippen LogP contribution in [0.5, 0.6) is 0 Å². The van der Waals surface area contributed by atoms with Crippen LogP contribution < -0.4 is 5.73 Å². The SMILES string of the molecule is CCOC(=O)c1c(F)ccc(N)c1Cl. The standard InChI is InChI=1S/C9H9ClFNO2/c1-2-14-9(13)7-5(11)3-4-6(12)8(7)10/h3-4H,2,12H2,1H3. The van der Waals surface area contributed by atoms with Gasteiger partial charge in [-0.25, -0.2) is 9.18 Å². The molecule has 1 aromatic rings. The lowest BCUT2D eigenvalue weighted by Crippen LogP contribution is -2.09. The Kier molecular flexibility index (Phi) is 3.30. The Morgan fingerprint density at radius 3 is 2.86 bits per heavy atom. The molecule has 76 valence electrons. The van der Waals surface area contributed by atoms with Crippen molar-refractivity contribution < 1.29 is 13.9 Å². The quantitative estimate of drug-likeness (QED) is 0.611. The van der Waals surface area contributed by atoms with E-state index < -0.39 is 11.8 Å². The molecule has 14 heavy (non-hydrogen) atoms. The van der Waals surface area contributed by atoms with E-state index in [4.69, 9.17) is 17.3 Å². The van der Waals surface area contributed by atoms with Crippen molar-refractivity contribution in [3.8, 4) is 0 Å². The molecule has 0 saturated heterocycles. The van der Waals surface area contributed by atoms with E-state index in [2.05, 4.69) is 4.74 Å². The highest BCUT2D eigenvalue weighted by Crippen LogP contribution is 2.26. The Hall–Kier alpha value is -1.29. The maximum Gasteiger partial charge on any atom is 0.342 e. The summed E-state index contributed by atoms with van der Waals surface area (Å²) in [7, 11) is 0. The number of nitrogens with two attached hydrogens (primary N) is 1. The Balaban J connectivity index is 3.18. The number of nitrogen functional groups attached to an aromatic ring is 1. The fraction of sp³-hybridized carbons (Fsp3) is 0.222. The molecule has 0 fully saturated rings. The molecule has 0 aliphatic carbocycles. The zero-order chi connectivity index (χ0) is 10.7. The predicted molar refractivity (Wildman–Crippen MR) is 51.8 cm³/mol. The number of hydrogen-bond acceptors (Lipinski definition) is 3. The topological polar surface area (TPSA) is 52.3 Å². The lowest BCUT2D eigenvalue weighted by molar-refractivity contribution is 0.0521. The van der Waals surface area contributed by atoms with Crippen LogP contribution >= 0.6 is 11.6 Å². The van der Waals surface area contributed by atoms with Gasteiger partial charge in [0, 0.05) is 0 Å². The summed E-state index contributed by atoms with van der Waals surface area (Å²) in [6, 6.07) is 2.37. The molecular weight excluding hydrogens is 209 g/mol. The van der Waals surface area contributed by atoms with Gasteiger partial charge in [0.05, 0.1) is 17.3 Å². The zero-order valence-electron chi connectivity index (χ0n) is 7.51. The normalized spacial score (nSPS) is 9.93. The van der Waals surface area contributed by atoms with Gasteiger partial charge in [-0.15, -0.1) is 0 Å². The molecule has 5 heteroatoms. The lowest BCUT2D eigenvalue weighted by atomic mass is 10.2. The summed E-state index contributed by atoms with van der Waals surface area (Å²) in [6.07, 6.45) is 0. The smallest absolute Gasteiger partial charge is 0.342 e. The third-order valence-corrected chi connectivity index (χ3v) is 2.01. The highest BCUT2D eigenvalue weighted by Gasteiger charge is 2.18. The van der Waals surface area contributed by atoms with E-state index in [0.717, 1.165) is 6.07 Å². The van der Waals surface area contributed by atoms with Gasteiger partial charge in [0.15, 0.2) is 0 Å². The van der Waals surface area contributed by atoms with Crippen LogP contribution in [-0.4, -0.2) is 12.6 Å². The maximum absolute atomic E-state index is 13.2. The van der Waals surface area contributed by atoms with Gasteiger partial charge in [0.25, 0.3) is 0 Å². The average Bonchev–Trinajstić information content (AvgIpc) is 2.13. The Morgan fingerprint density at radius 2 is 2.29 bits per heavy atom. The number of hydrogen-bond donors (Lipinski definition) is 1. The molecule has 0 atom stereocenters. The van der Waals surface area contributed by atoms with Crippen LogP contribution in [0.2, 0.25) is 5.02 Å². The minimum Gasteiger partial charge on any atom is -0.462 e. The number of carbonyl (C=O) groups excluding carboxylic acids is 1. The average molecular weight is 218 g/mol. The van der Waals surface area contributed by atoms with E-state index in [-0.39, 0.29) is 22.9 Å². The molecule has 1 rings (SSSR count). The van der Waals surface area contributed by atoms with Crippen molar-refractivity contribution in [1.82, 2.24) is 0 Å². The van der Waals surface area contributed by atoms with E-state index in [0.29, 0.717) is 0 Å². The minimum atomic E-state index is -0.803. The van der Waals surface area contributed by atoms with Gasteiger partial charge in [-0.05, 0) is 19.1 Å². The summed E-state index contributed by atoms with van der Waals surface area (Å²) in [4.78, 5) is 11.2. The molecule has 0 unspecified atom stereocenters. The summed E-state index contributed by atoms with van der Waals surface area (Å²) in [5.74, 6) is -1.54. The Morgan fingerprint density at radius 1 is 1.64 bits per heavy atom. The van der Waals surface area contributed by atoms with Crippen molar-refractivity contribution >= 4 is 23.3 Å². The molecule has 3 nitrogen and oxygen atoms in total. The van der Waals surface area contributed by atoms with Crippen LogP contribution in [-0.2, 0) is 4.74 Å². The zero-order valence-corrected chi connectivity index (χ0v) is 8.27. The van der Waals surface area contributed by atoms with E-state index in [1.165, 1.54) is 6.07 Å². The third-order valence-electron chi connectivity index (χ3n) is 1.60. The van der Waals surface area contributed by atoms with Crippen molar-refractivity contribution in [3.05, 3.63) is 28.5 Å². The third kappa shape index (κ3) is 1.96. The van der Waals surface area contributed by atoms with Crippen molar-refractivity contribution in [3.63, 3.8) is 0 Å². The van der Waals surface area contributed by atoms with Crippen LogP contribution in [0.15, 0.2) is 12.1 Å². The van der Waals surface area contributed by atoms with Crippen LogP contribution in [0.1, 0.15) is 17.3 Å². The van der Waals surface area contributed by atoms with E-state index in [9.17, 15) is 9.18 Å². The van der Waals surface area contributed by atoms with Crippen molar-refractivity contribution in [1.29, 1.82) is 0 Å². The number of esters is 1. The van der Waals surface area contributed by atoms with Crippen LogP contribution in [0.25, 0.3) is 0 Å². The summed E-state index contributed by atoms with van der Waals surface area (Å²) < 4.78 is 17.8. The number of benzene rings is 1. The van der Waals surface area contributed by atoms with Crippen molar-refractivity contribution in [2.75, 3.05) is 12.3 Å². The summed E-state index contributed by atoms with van der Waals surface area (Å²) >= 11 is 5.66. The highest BCUT2D eigenvalue weighted by atomic mass is 35.5. The molecule has 0 aliphatic heterocycles. The van der Waals surface area contributed by atoms with Gasteiger partial charge < -0.3 is 10.5 Å².